The number of ether oxygens (including phenoxy) is 1. The number of aliphatic hydroxyl groups excluding tert-OH is 1. The molecular weight excluding hydrogens is 168 g/mol. The lowest BCUT2D eigenvalue weighted by molar-refractivity contribution is 0.0640. The lowest BCUT2D eigenvalue weighted by Crippen LogP contribution is -2.10. The molecule has 3 nitrogen and oxygen atoms in total. The molecule has 1 unspecified atom stereocenters. The van der Waals surface area contributed by atoms with Gasteiger partial charge in [-0.2, -0.15) is 0 Å². The summed E-state index contributed by atoms with van der Waals surface area (Å²) < 4.78 is 5.28. The highest BCUT2D eigenvalue weighted by Crippen LogP contribution is 2.12. The molecule has 0 bridgehead atoms. The molecule has 3 N–H and O–H groups in total. The van der Waals surface area contributed by atoms with E-state index in [1.165, 1.54) is 25.7 Å². The highest BCUT2D eigenvalue weighted by atomic mass is 16.5. The van der Waals surface area contributed by atoms with E-state index in [1.807, 2.05) is 0 Å². The third-order valence-corrected chi connectivity index (χ3v) is 2.13. The Morgan fingerprint density at radius 2 is 2.00 bits per heavy atom. The summed E-state index contributed by atoms with van der Waals surface area (Å²) in [4.78, 5) is 0. The summed E-state index contributed by atoms with van der Waals surface area (Å²) in [6.45, 7) is 5.85. The predicted octanol–water partition coefficient (Wildman–Crippen LogP) is 1.39. The fourth-order valence-electron chi connectivity index (χ4n) is 1.21. The Balaban J connectivity index is 0. The summed E-state index contributed by atoms with van der Waals surface area (Å²) in [6, 6.07) is 0. The molecular formula is C10H24O3. The third-order valence-electron chi connectivity index (χ3n) is 2.13. The van der Waals surface area contributed by atoms with Gasteiger partial charge in [0.15, 0.2) is 0 Å². The molecule has 0 aliphatic heterocycles. The van der Waals surface area contributed by atoms with E-state index in [4.69, 9.17) is 9.84 Å². The molecule has 1 atom stereocenters. The van der Waals surface area contributed by atoms with E-state index in [9.17, 15) is 0 Å². The van der Waals surface area contributed by atoms with Crippen LogP contribution in [0.2, 0.25) is 0 Å². The van der Waals surface area contributed by atoms with Crippen LogP contribution in [0.15, 0.2) is 0 Å². The van der Waals surface area contributed by atoms with Crippen LogP contribution in [0.4, 0.5) is 0 Å². The normalized spacial score (nSPS) is 12.2. The number of hydrogen-bond donors (Lipinski definition) is 1. The van der Waals surface area contributed by atoms with Crippen LogP contribution in [0.25, 0.3) is 0 Å². The molecule has 0 aromatic rings. The zero-order valence-electron chi connectivity index (χ0n) is 8.88. The van der Waals surface area contributed by atoms with Crippen molar-refractivity contribution < 1.29 is 15.3 Å². The van der Waals surface area contributed by atoms with Gasteiger partial charge in [0, 0.05) is 6.61 Å². The second-order valence-corrected chi connectivity index (χ2v) is 3.22. The van der Waals surface area contributed by atoms with E-state index in [2.05, 4.69) is 13.8 Å². The van der Waals surface area contributed by atoms with Crippen LogP contribution in [-0.4, -0.2) is 30.4 Å². The first kappa shape index (κ1) is 15.4. The lowest BCUT2D eigenvalue weighted by atomic mass is 10.0. The molecule has 0 saturated carbocycles. The maximum absolute atomic E-state index is 8.50. The summed E-state index contributed by atoms with van der Waals surface area (Å²) in [7, 11) is 0. The molecule has 0 aromatic carbocycles. The highest BCUT2D eigenvalue weighted by molar-refractivity contribution is 4.55. The Bertz CT molecular complexity index is 86.2. The van der Waals surface area contributed by atoms with E-state index < -0.39 is 0 Å². The van der Waals surface area contributed by atoms with Crippen LogP contribution < -0.4 is 0 Å². The van der Waals surface area contributed by atoms with Crippen molar-refractivity contribution in [2.24, 2.45) is 5.92 Å². The molecule has 0 aromatic heterocycles. The Hall–Kier alpha value is -0.120. The standard InChI is InChI=1S/C10H22O2.H2O/c1-3-5-6-10(4-2)9-12-8-7-11;/h10-11H,3-9H2,1-2H3;1H2. The SMILES string of the molecule is CCCCC(CC)COCCO.O. The van der Waals surface area contributed by atoms with E-state index in [0.29, 0.717) is 12.5 Å². The molecule has 0 fully saturated rings. The molecule has 0 radical (unpaired) electrons. The first-order valence-corrected chi connectivity index (χ1v) is 5.03. The van der Waals surface area contributed by atoms with Crippen molar-refractivity contribution >= 4 is 0 Å². The van der Waals surface area contributed by atoms with E-state index in [-0.39, 0.29) is 12.1 Å². The molecule has 0 amide bonds. The maximum Gasteiger partial charge on any atom is 0.0697 e. The van der Waals surface area contributed by atoms with Crippen LogP contribution >= 0.6 is 0 Å². The molecule has 0 aliphatic carbocycles. The van der Waals surface area contributed by atoms with E-state index >= 15 is 0 Å². The Morgan fingerprint density at radius 3 is 2.46 bits per heavy atom. The summed E-state index contributed by atoms with van der Waals surface area (Å²) in [5.41, 5.74) is 0. The van der Waals surface area contributed by atoms with Crippen LogP contribution in [-0.2, 0) is 4.74 Å². The first-order chi connectivity index (χ1) is 5.85. The quantitative estimate of drug-likeness (QED) is 0.591. The topological polar surface area (TPSA) is 61.0 Å². The van der Waals surface area contributed by atoms with Crippen molar-refractivity contribution in [3.8, 4) is 0 Å². The lowest BCUT2D eigenvalue weighted by Gasteiger charge is -2.13. The number of unbranched alkanes of at least 4 members (excludes halogenated alkanes) is 1. The van der Waals surface area contributed by atoms with Crippen molar-refractivity contribution in [3.05, 3.63) is 0 Å². The minimum absolute atomic E-state index is 0. The minimum atomic E-state index is 0. The Kier molecular flexibility index (Phi) is 14.0. The molecule has 0 saturated heterocycles. The van der Waals surface area contributed by atoms with Crippen molar-refractivity contribution in [2.75, 3.05) is 19.8 Å². The highest BCUT2D eigenvalue weighted by Gasteiger charge is 2.04. The average molecular weight is 192 g/mol. The van der Waals surface area contributed by atoms with Gasteiger partial charge in [0.2, 0.25) is 0 Å². The number of aliphatic hydroxyl groups is 1. The molecule has 0 aliphatic rings. The van der Waals surface area contributed by atoms with Gasteiger partial charge in [-0.05, 0) is 12.3 Å². The number of hydrogen-bond acceptors (Lipinski definition) is 2. The van der Waals surface area contributed by atoms with Crippen LogP contribution in [0.5, 0.6) is 0 Å². The second-order valence-electron chi connectivity index (χ2n) is 3.22. The van der Waals surface area contributed by atoms with Crippen molar-refractivity contribution in [3.63, 3.8) is 0 Å². The monoisotopic (exact) mass is 192 g/mol. The van der Waals surface area contributed by atoms with Gasteiger partial charge in [0.05, 0.1) is 13.2 Å². The van der Waals surface area contributed by atoms with Crippen molar-refractivity contribution in [2.45, 2.75) is 39.5 Å². The fraction of sp³-hybridized carbons (Fsp3) is 1.00. The molecule has 3 heteroatoms. The maximum atomic E-state index is 8.50. The molecule has 0 heterocycles. The zero-order valence-corrected chi connectivity index (χ0v) is 8.88. The molecule has 0 spiro atoms. The second kappa shape index (κ2) is 11.9. The predicted molar refractivity (Wildman–Crippen MR) is 54.8 cm³/mol. The van der Waals surface area contributed by atoms with Gasteiger partial charge >= 0.3 is 0 Å². The van der Waals surface area contributed by atoms with Crippen LogP contribution in [0.1, 0.15) is 39.5 Å². The zero-order chi connectivity index (χ0) is 9.23. The molecule has 0 rings (SSSR count). The van der Waals surface area contributed by atoms with Gasteiger partial charge in [-0.1, -0.05) is 33.1 Å². The van der Waals surface area contributed by atoms with Gasteiger partial charge in [-0.25, -0.2) is 0 Å². The largest absolute Gasteiger partial charge is 0.412 e. The van der Waals surface area contributed by atoms with Gasteiger partial charge in [-0.15, -0.1) is 0 Å². The average Bonchev–Trinajstić information content (AvgIpc) is 2.11. The van der Waals surface area contributed by atoms with E-state index in [0.717, 1.165) is 6.61 Å². The van der Waals surface area contributed by atoms with Gasteiger partial charge < -0.3 is 15.3 Å². The molecule has 82 valence electrons. The summed E-state index contributed by atoms with van der Waals surface area (Å²) >= 11 is 0. The third kappa shape index (κ3) is 9.80. The minimum Gasteiger partial charge on any atom is -0.412 e. The first-order valence-electron chi connectivity index (χ1n) is 5.03. The van der Waals surface area contributed by atoms with Crippen molar-refractivity contribution in [1.29, 1.82) is 0 Å². The van der Waals surface area contributed by atoms with Gasteiger partial charge in [0.1, 0.15) is 0 Å². The smallest absolute Gasteiger partial charge is 0.0697 e. The van der Waals surface area contributed by atoms with Crippen LogP contribution in [0, 0.1) is 5.92 Å². The van der Waals surface area contributed by atoms with E-state index in [1.54, 1.807) is 0 Å². The molecule has 13 heavy (non-hydrogen) atoms. The summed E-state index contributed by atoms with van der Waals surface area (Å²) in [5.74, 6) is 0.691. The summed E-state index contributed by atoms with van der Waals surface area (Å²) in [6.07, 6.45) is 5.00. The fourth-order valence-corrected chi connectivity index (χ4v) is 1.21. The van der Waals surface area contributed by atoms with Gasteiger partial charge in [0.25, 0.3) is 0 Å². The Labute approximate surface area is 81.4 Å². The Morgan fingerprint density at radius 1 is 1.31 bits per heavy atom. The van der Waals surface area contributed by atoms with Gasteiger partial charge in [-0.3, -0.25) is 0 Å². The summed E-state index contributed by atoms with van der Waals surface area (Å²) in [5, 5.41) is 8.50. The number of rotatable bonds is 8. The van der Waals surface area contributed by atoms with Crippen LogP contribution in [0.3, 0.4) is 0 Å². The van der Waals surface area contributed by atoms with Crippen molar-refractivity contribution in [1.82, 2.24) is 0 Å².